The van der Waals surface area contributed by atoms with Gasteiger partial charge in [0.15, 0.2) is 0 Å². The average molecular weight is 245 g/mol. The van der Waals surface area contributed by atoms with Gasteiger partial charge in [0.05, 0.1) is 6.20 Å². The lowest BCUT2D eigenvalue weighted by Gasteiger charge is -2.08. The molecule has 3 nitrogen and oxygen atoms in total. The maximum Gasteiger partial charge on any atom is 0.0543 e. The zero-order chi connectivity index (χ0) is 12.1. The second kappa shape index (κ2) is 5.59. The van der Waals surface area contributed by atoms with Crippen molar-refractivity contribution in [2.75, 3.05) is 11.6 Å². The molecule has 2 aromatic rings. The summed E-state index contributed by atoms with van der Waals surface area (Å²) in [7, 11) is 0. The first-order valence-corrected chi connectivity index (χ1v) is 6.58. The summed E-state index contributed by atoms with van der Waals surface area (Å²) < 4.78 is 1.71. The van der Waals surface area contributed by atoms with E-state index < -0.39 is 0 Å². The molecule has 0 amide bonds. The highest BCUT2D eigenvalue weighted by atomic mass is 32.2. The molecule has 0 saturated heterocycles. The van der Waals surface area contributed by atoms with E-state index in [2.05, 4.69) is 35.4 Å². The number of aromatic nitrogens is 2. The topological polar surface area (TPSA) is 29.9 Å². The molecule has 0 spiro atoms. The Morgan fingerprint density at radius 3 is 3.00 bits per heavy atom. The van der Waals surface area contributed by atoms with Gasteiger partial charge in [-0.2, -0.15) is 5.10 Å². The molecule has 88 valence electrons. The number of hydrogen-bond acceptors (Lipinski definition) is 3. The lowest BCUT2D eigenvalue weighted by atomic mass is 10.3. The van der Waals surface area contributed by atoms with Gasteiger partial charge < -0.3 is 5.32 Å². The second-order valence-electron chi connectivity index (χ2n) is 3.57. The molecular weight excluding hydrogens is 230 g/mol. The number of nitrogens with one attached hydrogen (secondary N) is 1. The van der Waals surface area contributed by atoms with Gasteiger partial charge in [-0.05, 0) is 18.4 Å². The van der Waals surface area contributed by atoms with E-state index in [-0.39, 0.29) is 0 Å². The average Bonchev–Trinajstić information content (AvgIpc) is 2.84. The highest BCUT2D eigenvalue weighted by Crippen LogP contribution is 2.24. The van der Waals surface area contributed by atoms with Crippen LogP contribution in [0, 0.1) is 0 Å². The van der Waals surface area contributed by atoms with Gasteiger partial charge in [0, 0.05) is 35.1 Å². The lowest BCUT2D eigenvalue weighted by Crippen LogP contribution is -1.99. The summed E-state index contributed by atoms with van der Waals surface area (Å²) in [6.45, 7) is 4.44. The Hall–Kier alpha value is -1.68. The lowest BCUT2D eigenvalue weighted by molar-refractivity contribution is 0.936. The molecule has 0 aliphatic rings. The molecule has 1 aromatic carbocycles. The molecule has 0 aliphatic carbocycles. The van der Waals surface area contributed by atoms with Crippen LogP contribution in [0.15, 0.2) is 48.1 Å². The molecular formula is C13H15N3S. The van der Waals surface area contributed by atoms with Crippen LogP contribution >= 0.6 is 11.8 Å². The molecule has 17 heavy (non-hydrogen) atoms. The van der Waals surface area contributed by atoms with Crippen LogP contribution in [0.25, 0.3) is 6.20 Å². The fourth-order valence-electron chi connectivity index (χ4n) is 1.56. The van der Waals surface area contributed by atoms with E-state index in [0.717, 1.165) is 17.8 Å². The van der Waals surface area contributed by atoms with Gasteiger partial charge in [0.25, 0.3) is 0 Å². The van der Waals surface area contributed by atoms with Crippen LogP contribution in [0.2, 0.25) is 0 Å². The van der Waals surface area contributed by atoms with Gasteiger partial charge in [-0.3, -0.25) is 0 Å². The maximum atomic E-state index is 4.14. The van der Waals surface area contributed by atoms with Crippen LogP contribution in [-0.4, -0.2) is 16.0 Å². The standard InChI is InChI=1S/C13H15N3S/c1-3-16-10-11(9-15-16)8-14-12-6-4-5-7-13(12)17-2/h3-7,9-10,14H,1,8H2,2H3. The monoisotopic (exact) mass is 245 g/mol. The van der Waals surface area contributed by atoms with E-state index in [1.807, 2.05) is 24.5 Å². The minimum atomic E-state index is 0.769. The predicted molar refractivity (Wildman–Crippen MR) is 74.2 cm³/mol. The fourth-order valence-corrected chi connectivity index (χ4v) is 2.13. The Bertz CT molecular complexity index is 505. The molecule has 0 radical (unpaired) electrons. The van der Waals surface area contributed by atoms with Gasteiger partial charge in [0.2, 0.25) is 0 Å². The fraction of sp³-hybridized carbons (Fsp3) is 0.154. The highest BCUT2D eigenvalue weighted by Gasteiger charge is 2.01. The van der Waals surface area contributed by atoms with E-state index in [4.69, 9.17) is 0 Å². The normalized spacial score (nSPS) is 10.2. The Labute approximate surface area is 106 Å². The zero-order valence-electron chi connectivity index (χ0n) is 9.76. The Morgan fingerprint density at radius 2 is 2.29 bits per heavy atom. The molecule has 2 rings (SSSR count). The van der Waals surface area contributed by atoms with Crippen molar-refractivity contribution in [3.63, 3.8) is 0 Å². The predicted octanol–water partition coefficient (Wildman–Crippen LogP) is 3.32. The Morgan fingerprint density at radius 1 is 1.47 bits per heavy atom. The molecule has 1 N–H and O–H groups in total. The van der Waals surface area contributed by atoms with Crippen molar-refractivity contribution in [2.24, 2.45) is 0 Å². The molecule has 0 saturated carbocycles. The van der Waals surface area contributed by atoms with Crippen molar-refractivity contribution in [1.82, 2.24) is 9.78 Å². The van der Waals surface area contributed by atoms with Crippen molar-refractivity contribution in [1.29, 1.82) is 0 Å². The molecule has 0 fully saturated rings. The molecule has 1 aromatic heterocycles. The van der Waals surface area contributed by atoms with Crippen molar-refractivity contribution in [3.05, 3.63) is 48.8 Å². The van der Waals surface area contributed by atoms with E-state index in [1.54, 1.807) is 22.6 Å². The number of hydrogen-bond donors (Lipinski definition) is 1. The number of para-hydroxylation sites is 1. The van der Waals surface area contributed by atoms with Crippen LogP contribution in [0.3, 0.4) is 0 Å². The van der Waals surface area contributed by atoms with Gasteiger partial charge in [-0.25, -0.2) is 4.68 Å². The quantitative estimate of drug-likeness (QED) is 0.820. The number of rotatable bonds is 5. The van der Waals surface area contributed by atoms with Crippen LogP contribution in [0.5, 0.6) is 0 Å². The van der Waals surface area contributed by atoms with E-state index in [0.29, 0.717) is 0 Å². The summed E-state index contributed by atoms with van der Waals surface area (Å²) in [5.41, 5.74) is 2.30. The summed E-state index contributed by atoms with van der Waals surface area (Å²) in [5.74, 6) is 0. The third-order valence-corrected chi connectivity index (χ3v) is 3.23. The van der Waals surface area contributed by atoms with Gasteiger partial charge in [-0.15, -0.1) is 11.8 Å². The van der Waals surface area contributed by atoms with Crippen LogP contribution in [0.4, 0.5) is 5.69 Å². The molecule has 0 unspecified atom stereocenters. The van der Waals surface area contributed by atoms with Crippen molar-refractivity contribution >= 4 is 23.6 Å². The minimum Gasteiger partial charge on any atom is -0.380 e. The number of anilines is 1. The number of benzene rings is 1. The summed E-state index contributed by atoms with van der Waals surface area (Å²) in [6, 6.07) is 8.28. The van der Waals surface area contributed by atoms with Crippen molar-refractivity contribution in [3.8, 4) is 0 Å². The summed E-state index contributed by atoms with van der Waals surface area (Å²) in [5, 5.41) is 7.55. The van der Waals surface area contributed by atoms with Crippen LogP contribution < -0.4 is 5.32 Å². The van der Waals surface area contributed by atoms with E-state index in [9.17, 15) is 0 Å². The summed E-state index contributed by atoms with van der Waals surface area (Å²) in [6.07, 6.45) is 7.56. The number of nitrogens with zero attached hydrogens (tertiary/aromatic N) is 2. The highest BCUT2D eigenvalue weighted by molar-refractivity contribution is 7.98. The third-order valence-electron chi connectivity index (χ3n) is 2.43. The second-order valence-corrected chi connectivity index (χ2v) is 4.41. The molecule has 1 heterocycles. The first-order chi connectivity index (χ1) is 8.33. The Balaban J connectivity index is 2.04. The summed E-state index contributed by atoms with van der Waals surface area (Å²) in [4.78, 5) is 1.25. The van der Waals surface area contributed by atoms with E-state index in [1.165, 1.54) is 4.90 Å². The first-order valence-electron chi connectivity index (χ1n) is 5.36. The largest absolute Gasteiger partial charge is 0.380 e. The third kappa shape index (κ3) is 2.91. The van der Waals surface area contributed by atoms with Gasteiger partial charge in [-0.1, -0.05) is 18.7 Å². The zero-order valence-corrected chi connectivity index (χ0v) is 10.6. The minimum absolute atomic E-state index is 0.769. The van der Waals surface area contributed by atoms with Gasteiger partial charge in [0.1, 0.15) is 0 Å². The first kappa shape index (κ1) is 11.8. The molecule has 0 bridgehead atoms. The molecule has 0 aliphatic heterocycles. The van der Waals surface area contributed by atoms with Gasteiger partial charge >= 0.3 is 0 Å². The van der Waals surface area contributed by atoms with Crippen molar-refractivity contribution in [2.45, 2.75) is 11.4 Å². The van der Waals surface area contributed by atoms with Crippen LogP contribution in [-0.2, 0) is 6.54 Å². The summed E-state index contributed by atoms with van der Waals surface area (Å²) >= 11 is 1.74. The maximum absolute atomic E-state index is 4.14. The SMILES string of the molecule is C=Cn1cc(CNc2ccccc2SC)cn1. The molecule has 4 heteroatoms. The number of thioether (sulfide) groups is 1. The molecule has 0 atom stereocenters. The Kier molecular flexibility index (Phi) is 3.88. The van der Waals surface area contributed by atoms with Crippen LogP contribution in [0.1, 0.15) is 5.56 Å². The van der Waals surface area contributed by atoms with E-state index >= 15 is 0 Å². The smallest absolute Gasteiger partial charge is 0.0543 e. The van der Waals surface area contributed by atoms with Crippen molar-refractivity contribution < 1.29 is 0 Å².